The van der Waals surface area contributed by atoms with Gasteiger partial charge in [-0.2, -0.15) is 0 Å². The van der Waals surface area contributed by atoms with Crippen LogP contribution in [-0.4, -0.2) is 71.4 Å². The first-order valence-corrected chi connectivity index (χ1v) is 11.6. The van der Waals surface area contributed by atoms with Crippen LogP contribution in [0.4, 0.5) is 10.5 Å². The molecule has 0 saturated carbocycles. The number of hydroxylamine groups is 1. The first-order chi connectivity index (χ1) is 15.3. The molecule has 1 aliphatic heterocycles. The van der Waals surface area contributed by atoms with Crippen LogP contribution in [0.15, 0.2) is 53.5 Å². The van der Waals surface area contributed by atoms with Gasteiger partial charge in [0.15, 0.2) is 4.90 Å². The molecule has 0 saturated heterocycles. The molecular weight excluding hydrogens is 454 g/mol. The van der Waals surface area contributed by atoms with Crippen LogP contribution < -0.4 is 0 Å². The maximum Gasteiger partial charge on any atom is 0.410 e. The van der Waals surface area contributed by atoms with Crippen molar-refractivity contribution in [1.29, 1.82) is 0 Å². The number of hydrogen-bond acceptors (Lipinski definition) is 8. The number of carbonyl (C=O) groups is 1. The van der Waals surface area contributed by atoms with Gasteiger partial charge in [0.1, 0.15) is 5.60 Å². The number of nitro groups is 1. The third-order valence-electron chi connectivity index (χ3n) is 4.72. The van der Waals surface area contributed by atoms with Crippen molar-refractivity contribution in [1.82, 2.24) is 9.37 Å². The zero-order chi connectivity index (χ0) is 25.0. The Morgan fingerprint density at radius 2 is 2.03 bits per heavy atom. The number of benzene rings is 1. The highest BCUT2D eigenvalue weighted by atomic mass is 32.2. The predicted octanol–water partition coefficient (Wildman–Crippen LogP) is 2.63. The lowest BCUT2D eigenvalue weighted by molar-refractivity contribution is -0.388. The van der Waals surface area contributed by atoms with Crippen molar-refractivity contribution in [3.8, 4) is 0 Å². The van der Waals surface area contributed by atoms with Crippen LogP contribution in [0.3, 0.4) is 0 Å². The molecule has 12 heteroatoms. The molecule has 1 heterocycles. The van der Waals surface area contributed by atoms with Crippen molar-refractivity contribution in [2.75, 3.05) is 19.8 Å². The molecule has 0 radical (unpaired) electrons. The molecule has 1 aromatic rings. The standard InChI is InChI=1S/C21H29N3O8S/c1-6-11-31-24(33(29,30)19-10-8-7-9-17(19)23(27)28)18-13-22(16(14-25)12-15(18)2)20(26)32-21(3,4)5/h6-10,12,16,18,25H,1,11,13-14H2,2-5H3/t16-,18?/m0/s1. The number of rotatable bonds is 8. The van der Waals surface area contributed by atoms with E-state index in [0.717, 1.165) is 12.1 Å². The highest BCUT2D eigenvalue weighted by Gasteiger charge is 2.43. The maximum absolute atomic E-state index is 13.5. The summed E-state index contributed by atoms with van der Waals surface area (Å²) in [4.78, 5) is 29.6. The van der Waals surface area contributed by atoms with Crippen molar-refractivity contribution < 1.29 is 32.8 Å². The average Bonchev–Trinajstić information content (AvgIpc) is 2.73. The number of nitro benzene ring substituents is 1. The second kappa shape index (κ2) is 10.4. The molecule has 1 aliphatic rings. The van der Waals surface area contributed by atoms with Gasteiger partial charge >= 0.3 is 6.09 Å². The molecule has 11 nitrogen and oxygen atoms in total. The fourth-order valence-electron chi connectivity index (χ4n) is 3.26. The number of carbonyl (C=O) groups excluding carboxylic acids is 1. The minimum Gasteiger partial charge on any atom is -0.444 e. The highest BCUT2D eigenvalue weighted by Crippen LogP contribution is 2.32. The molecule has 2 atom stereocenters. The van der Waals surface area contributed by atoms with E-state index in [9.17, 15) is 28.4 Å². The van der Waals surface area contributed by atoms with Crippen molar-refractivity contribution >= 4 is 21.8 Å². The van der Waals surface area contributed by atoms with Crippen LogP contribution in [0.25, 0.3) is 0 Å². The largest absolute Gasteiger partial charge is 0.444 e. The summed E-state index contributed by atoms with van der Waals surface area (Å²) < 4.78 is 33.1. The number of aliphatic hydroxyl groups excluding tert-OH is 1. The van der Waals surface area contributed by atoms with Crippen molar-refractivity contribution in [2.24, 2.45) is 0 Å². The van der Waals surface area contributed by atoms with Gasteiger partial charge in [-0.15, -0.1) is 6.58 Å². The van der Waals surface area contributed by atoms with E-state index in [0.29, 0.717) is 10.0 Å². The number of amides is 1. The van der Waals surface area contributed by atoms with Gasteiger partial charge in [-0.1, -0.05) is 34.3 Å². The van der Waals surface area contributed by atoms with E-state index in [2.05, 4.69) is 6.58 Å². The molecule has 1 amide bonds. The third-order valence-corrected chi connectivity index (χ3v) is 6.45. The molecule has 1 N–H and O–H groups in total. The quantitative estimate of drug-likeness (QED) is 0.338. The molecule has 1 unspecified atom stereocenters. The number of sulfonamides is 1. The second-order valence-corrected chi connectivity index (χ2v) is 10.1. The summed E-state index contributed by atoms with van der Waals surface area (Å²) in [5, 5.41) is 21.2. The molecule has 0 spiro atoms. The van der Waals surface area contributed by atoms with E-state index in [1.807, 2.05) is 0 Å². The summed E-state index contributed by atoms with van der Waals surface area (Å²) in [6.07, 6.45) is 2.12. The Morgan fingerprint density at radius 3 is 2.58 bits per heavy atom. The highest BCUT2D eigenvalue weighted by molar-refractivity contribution is 7.89. The lowest BCUT2D eigenvalue weighted by Crippen LogP contribution is -2.56. The predicted molar refractivity (Wildman–Crippen MR) is 120 cm³/mol. The topological polar surface area (TPSA) is 140 Å². The van der Waals surface area contributed by atoms with E-state index in [1.165, 1.54) is 29.2 Å². The van der Waals surface area contributed by atoms with Gasteiger partial charge in [0.2, 0.25) is 0 Å². The van der Waals surface area contributed by atoms with Gasteiger partial charge in [-0.25, -0.2) is 13.2 Å². The fraction of sp³-hybridized carbons (Fsp3) is 0.476. The number of para-hydroxylation sites is 1. The Bertz CT molecular complexity index is 1030. The normalized spacial score (nSPS) is 19.2. The van der Waals surface area contributed by atoms with E-state index < -0.39 is 55.9 Å². The first-order valence-electron chi connectivity index (χ1n) is 10.1. The van der Waals surface area contributed by atoms with Crippen LogP contribution in [-0.2, 0) is 19.6 Å². The van der Waals surface area contributed by atoms with Gasteiger partial charge in [-0.05, 0) is 33.8 Å². The maximum atomic E-state index is 13.5. The smallest absolute Gasteiger partial charge is 0.410 e. The Morgan fingerprint density at radius 1 is 1.39 bits per heavy atom. The van der Waals surface area contributed by atoms with E-state index >= 15 is 0 Å². The fourth-order valence-corrected chi connectivity index (χ4v) is 4.88. The molecule has 33 heavy (non-hydrogen) atoms. The van der Waals surface area contributed by atoms with Gasteiger partial charge in [0, 0.05) is 12.6 Å². The van der Waals surface area contributed by atoms with Crippen LogP contribution in [0.5, 0.6) is 0 Å². The second-order valence-electron chi connectivity index (χ2n) is 8.38. The first kappa shape index (κ1) is 26.5. The van der Waals surface area contributed by atoms with Gasteiger partial charge < -0.3 is 9.84 Å². The Labute approximate surface area is 193 Å². The van der Waals surface area contributed by atoms with Gasteiger partial charge in [0.25, 0.3) is 15.7 Å². The lowest BCUT2D eigenvalue weighted by atomic mass is 10.0. The van der Waals surface area contributed by atoms with Gasteiger partial charge in [-0.3, -0.25) is 19.9 Å². The zero-order valence-electron chi connectivity index (χ0n) is 19.0. The number of nitrogens with zero attached hydrogens (tertiary/aromatic N) is 3. The molecule has 0 fully saturated rings. The number of hydrogen-bond donors (Lipinski definition) is 1. The SMILES string of the molecule is C=CCON(C1CN(C(=O)OC(C)(C)C)[C@H](CO)C=C1C)S(=O)(=O)c1ccccc1[N+](=O)[O-]. The van der Waals surface area contributed by atoms with Crippen LogP contribution in [0.1, 0.15) is 27.7 Å². The Kier molecular flexibility index (Phi) is 8.36. The molecule has 0 bridgehead atoms. The van der Waals surface area contributed by atoms with Crippen molar-refractivity contribution in [3.63, 3.8) is 0 Å². The third kappa shape index (κ3) is 6.16. The molecule has 0 aliphatic carbocycles. The van der Waals surface area contributed by atoms with Crippen LogP contribution in [0.2, 0.25) is 0 Å². The molecule has 1 aromatic carbocycles. The summed E-state index contributed by atoms with van der Waals surface area (Å²) in [5.74, 6) is 0. The molecule has 0 aromatic heterocycles. The van der Waals surface area contributed by atoms with E-state index in [1.54, 1.807) is 27.7 Å². The molecule has 2 rings (SSSR count). The zero-order valence-corrected chi connectivity index (χ0v) is 19.8. The van der Waals surface area contributed by atoms with Crippen LogP contribution >= 0.6 is 0 Å². The number of aliphatic hydroxyl groups is 1. The monoisotopic (exact) mass is 483 g/mol. The minimum absolute atomic E-state index is 0.209. The number of ether oxygens (including phenoxy) is 1. The van der Waals surface area contributed by atoms with E-state index in [4.69, 9.17) is 9.57 Å². The Hall–Kier alpha value is -2.80. The Balaban J connectivity index is 2.55. The minimum atomic E-state index is -4.55. The summed E-state index contributed by atoms with van der Waals surface area (Å²) in [5.41, 5.74) is -0.946. The van der Waals surface area contributed by atoms with Crippen LogP contribution in [0, 0.1) is 10.1 Å². The summed E-state index contributed by atoms with van der Waals surface area (Å²) in [7, 11) is -4.55. The summed E-state index contributed by atoms with van der Waals surface area (Å²) >= 11 is 0. The van der Waals surface area contributed by atoms with Crippen molar-refractivity contribution in [2.45, 2.75) is 50.3 Å². The summed E-state index contributed by atoms with van der Waals surface area (Å²) in [6.45, 7) is 9.36. The average molecular weight is 484 g/mol. The van der Waals surface area contributed by atoms with Crippen molar-refractivity contribution in [3.05, 3.63) is 58.7 Å². The van der Waals surface area contributed by atoms with Gasteiger partial charge in [0.05, 0.1) is 30.2 Å². The summed E-state index contributed by atoms with van der Waals surface area (Å²) in [6, 6.07) is 3.13. The molecular formula is C21H29N3O8S. The lowest BCUT2D eigenvalue weighted by Gasteiger charge is -2.40. The molecule has 182 valence electrons. The van der Waals surface area contributed by atoms with E-state index in [-0.39, 0.29) is 13.2 Å².